The molecular formula is C19H23NO4S2. The molecular weight excluding hydrogens is 370 g/mol. The van der Waals surface area contributed by atoms with Gasteiger partial charge in [0.05, 0.1) is 4.90 Å². The van der Waals surface area contributed by atoms with E-state index in [-0.39, 0.29) is 10.3 Å². The number of hydrogen-bond acceptors (Lipinski definition) is 5. The summed E-state index contributed by atoms with van der Waals surface area (Å²) >= 11 is 1.72. The molecule has 1 aromatic heterocycles. The molecule has 26 heavy (non-hydrogen) atoms. The zero-order valence-corrected chi connectivity index (χ0v) is 16.2. The molecule has 1 saturated carbocycles. The van der Waals surface area contributed by atoms with Crippen LogP contribution in [0.2, 0.25) is 0 Å². The molecule has 0 radical (unpaired) electrons. The normalized spacial score (nSPS) is 19.2. The number of thiophene rings is 1. The van der Waals surface area contributed by atoms with Crippen molar-refractivity contribution in [3.63, 3.8) is 0 Å². The van der Waals surface area contributed by atoms with Crippen molar-refractivity contribution in [2.24, 2.45) is 0 Å². The van der Waals surface area contributed by atoms with Gasteiger partial charge < -0.3 is 9.47 Å². The van der Waals surface area contributed by atoms with Crippen molar-refractivity contribution in [2.75, 3.05) is 19.8 Å². The highest BCUT2D eigenvalue weighted by atomic mass is 32.2. The Bertz CT molecular complexity index is 856. The number of rotatable bonds is 5. The van der Waals surface area contributed by atoms with Gasteiger partial charge in [-0.25, -0.2) is 13.1 Å². The maximum Gasteiger partial charge on any atom is 0.240 e. The Morgan fingerprint density at radius 3 is 2.54 bits per heavy atom. The summed E-state index contributed by atoms with van der Waals surface area (Å²) in [6, 6.07) is 8.97. The minimum atomic E-state index is -3.60. The fraction of sp³-hybridized carbons (Fsp3) is 0.474. The maximum atomic E-state index is 12.9. The van der Waals surface area contributed by atoms with Gasteiger partial charge in [0.2, 0.25) is 10.0 Å². The molecule has 5 nitrogen and oxygen atoms in total. The number of sulfonamides is 1. The summed E-state index contributed by atoms with van der Waals surface area (Å²) in [6.07, 6.45) is 5.56. The van der Waals surface area contributed by atoms with Crippen molar-refractivity contribution in [3.8, 4) is 11.5 Å². The number of ether oxygens (including phenoxy) is 2. The lowest BCUT2D eigenvalue weighted by atomic mass is 9.73. The first kappa shape index (κ1) is 17.8. The van der Waals surface area contributed by atoms with Crippen LogP contribution in [0.15, 0.2) is 40.6 Å². The molecule has 2 aliphatic rings. The van der Waals surface area contributed by atoms with Gasteiger partial charge in [-0.1, -0.05) is 25.3 Å². The lowest BCUT2D eigenvalue weighted by Crippen LogP contribution is -2.41. The average Bonchev–Trinajstić information content (AvgIpc) is 3.22. The zero-order chi connectivity index (χ0) is 18.0. The van der Waals surface area contributed by atoms with Crippen molar-refractivity contribution in [1.82, 2.24) is 4.72 Å². The van der Waals surface area contributed by atoms with Crippen LogP contribution in [0.3, 0.4) is 0 Å². The Morgan fingerprint density at radius 1 is 1.04 bits per heavy atom. The van der Waals surface area contributed by atoms with Gasteiger partial charge in [0.15, 0.2) is 11.5 Å². The van der Waals surface area contributed by atoms with E-state index in [1.807, 2.05) is 6.07 Å². The van der Waals surface area contributed by atoms with E-state index in [0.29, 0.717) is 31.3 Å². The van der Waals surface area contributed by atoms with Crippen LogP contribution in [0.1, 0.15) is 37.0 Å². The summed E-state index contributed by atoms with van der Waals surface area (Å²) in [5.74, 6) is 1.09. The quantitative estimate of drug-likeness (QED) is 0.841. The topological polar surface area (TPSA) is 64.6 Å². The minimum absolute atomic E-state index is 0.0900. The van der Waals surface area contributed by atoms with E-state index in [9.17, 15) is 8.42 Å². The molecule has 1 aliphatic carbocycles. The molecule has 0 spiro atoms. The molecule has 2 aromatic rings. The second-order valence-electron chi connectivity index (χ2n) is 6.95. The fourth-order valence-electron chi connectivity index (χ4n) is 3.83. The predicted octanol–water partition coefficient (Wildman–Crippen LogP) is 3.70. The van der Waals surface area contributed by atoms with Crippen LogP contribution >= 0.6 is 11.3 Å². The maximum absolute atomic E-state index is 12.9. The largest absolute Gasteiger partial charge is 0.486 e. The highest BCUT2D eigenvalue weighted by molar-refractivity contribution is 7.89. The van der Waals surface area contributed by atoms with Crippen LogP contribution < -0.4 is 14.2 Å². The van der Waals surface area contributed by atoms with Crippen molar-refractivity contribution in [1.29, 1.82) is 0 Å². The lowest BCUT2D eigenvalue weighted by Gasteiger charge is -2.36. The molecule has 0 bridgehead atoms. The van der Waals surface area contributed by atoms with Crippen LogP contribution in [0.25, 0.3) is 0 Å². The first-order valence-electron chi connectivity index (χ1n) is 9.02. The molecule has 1 aliphatic heterocycles. The third-order valence-electron chi connectivity index (χ3n) is 5.28. The van der Waals surface area contributed by atoms with Crippen molar-refractivity contribution >= 4 is 21.4 Å². The third-order valence-corrected chi connectivity index (χ3v) is 7.79. The lowest BCUT2D eigenvalue weighted by molar-refractivity contribution is 0.171. The second-order valence-corrected chi connectivity index (χ2v) is 9.66. The summed E-state index contributed by atoms with van der Waals surface area (Å²) < 4.78 is 39.6. The summed E-state index contributed by atoms with van der Waals surface area (Å²) in [4.78, 5) is 1.50. The molecule has 0 unspecified atom stereocenters. The van der Waals surface area contributed by atoms with Crippen LogP contribution in [0.4, 0.5) is 0 Å². The van der Waals surface area contributed by atoms with E-state index in [1.165, 1.54) is 11.3 Å². The van der Waals surface area contributed by atoms with E-state index in [2.05, 4.69) is 16.2 Å². The number of hydrogen-bond donors (Lipinski definition) is 1. The second kappa shape index (κ2) is 7.21. The molecule has 0 saturated heterocycles. The smallest absolute Gasteiger partial charge is 0.240 e. The van der Waals surface area contributed by atoms with Gasteiger partial charge in [0, 0.05) is 22.9 Å². The van der Waals surface area contributed by atoms with E-state index < -0.39 is 10.0 Å². The first-order valence-corrected chi connectivity index (χ1v) is 11.4. The Hall–Kier alpha value is -1.57. The molecule has 1 N–H and O–H groups in total. The van der Waals surface area contributed by atoms with E-state index in [4.69, 9.17) is 9.47 Å². The standard InChI is InChI=1S/C19H23NO4S2/c21-26(22,15-6-7-16-17(13-15)24-11-10-23-16)20-14-19(8-2-1-3-9-19)18-5-4-12-25-18/h4-7,12-13,20H,1-3,8-11,14H2. The van der Waals surface area contributed by atoms with E-state index >= 15 is 0 Å². The van der Waals surface area contributed by atoms with Crippen molar-refractivity contribution in [3.05, 3.63) is 40.6 Å². The number of nitrogens with one attached hydrogen (secondary N) is 1. The number of fused-ring (bicyclic) bond motifs is 1. The third kappa shape index (κ3) is 3.48. The van der Waals surface area contributed by atoms with Crippen molar-refractivity contribution < 1.29 is 17.9 Å². The molecule has 7 heteroatoms. The minimum Gasteiger partial charge on any atom is -0.486 e. The Morgan fingerprint density at radius 2 is 1.81 bits per heavy atom. The summed E-state index contributed by atoms with van der Waals surface area (Å²) in [6.45, 7) is 1.36. The van der Waals surface area contributed by atoms with E-state index in [1.54, 1.807) is 29.5 Å². The van der Waals surface area contributed by atoms with Gasteiger partial charge in [-0.2, -0.15) is 0 Å². The SMILES string of the molecule is O=S(=O)(NCC1(c2cccs2)CCCCC1)c1ccc2c(c1)OCCO2. The zero-order valence-electron chi connectivity index (χ0n) is 14.6. The van der Waals surface area contributed by atoms with Crippen LogP contribution in [-0.4, -0.2) is 28.2 Å². The Labute approximate surface area is 158 Å². The molecule has 0 amide bonds. The molecule has 2 heterocycles. The van der Waals surface area contributed by atoms with Gasteiger partial charge in [-0.3, -0.25) is 0 Å². The highest BCUT2D eigenvalue weighted by Gasteiger charge is 2.36. The molecule has 4 rings (SSSR count). The van der Waals surface area contributed by atoms with Gasteiger partial charge in [0.1, 0.15) is 13.2 Å². The van der Waals surface area contributed by atoms with Gasteiger partial charge in [-0.15, -0.1) is 11.3 Å². The predicted molar refractivity (Wildman–Crippen MR) is 102 cm³/mol. The Balaban J connectivity index is 1.55. The van der Waals surface area contributed by atoms with Crippen LogP contribution in [0.5, 0.6) is 11.5 Å². The summed E-state index contributed by atoms with van der Waals surface area (Å²) in [5.41, 5.74) is -0.0900. The van der Waals surface area contributed by atoms with Gasteiger partial charge in [-0.05, 0) is 36.4 Å². The van der Waals surface area contributed by atoms with Crippen LogP contribution in [-0.2, 0) is 15.4 Å². The van der Waals surface area contributed by atoms with Gasteiger partial charge in [0.25, 0.3) is 0 Å². The number of benzene rings is 1. The van der Waals surface area contributed by atoms with Crippen LogP contribution in [0, 0.1) is 0 Å². The first-order chi connectivity index (χ1) is 12.6. The van der Waals surface area contributed by atoms with Gasteiger partial charge >= 0.3 is 0 Å². The molecule has 0 atom stereocenters. The summed E-state index contributed by atoms with van der Waals surface area (Å²) in [7, 11) is -3.60. The highest BCUT2D eigenvalue weighted by Crippen LogP contribution is 2.41. The van der Waals surface area contributed by atoms with Crippen molar-refractivity contribution in [2.45, 2.75) is 42.4 Å². The van der Waals surface area contributed by atoms with E-state index in [0.717, 1.165) is 25.7 Å². The molecule has 1 aromatic carbocycles. The molecule has 1 fully saturated rings. The monoisotopic (exact) mass is 393 g/mol. The fourth-order valence-corrected chi connectivity index (χ4v) is 5.96. The Kier molecular flexibility index (Phi) is 4.94. The molecule has 140 valence electrons. The summed E-state index contributed by atoms with van der Waals surface area (Å²) in [5, 5.41) is 2.07. The average molecular weight is 394 g/mol.